The quantitative estimate of drug-likeness (QED) is 0.674. The van der Waals surface area contributed by atoms with Gasteiger partial charge in [0, 0.05) is 17.2 Å². The van der Waals surface area contributed by atoms with Crippen molar-refractivity contribution in [3.8, 4) is 0 Å². The number of amides is 3. The second-order valence-electron chi connectivity index (χ2n) is 5.32. The molecule has 0 fully saturated rings. The van der Waals surface area contributed by atoms with Crippen molar-refractivity contribution in [2.75, 3.05) is 0 Å². The van der Waals surface area contributed by atoms with Crippen molar-refractivity contribution >= 4 is 17.7 Å². The van der Waals surface area contributed by atoms with E-state index in [0.717, 1.165) is 0 Å². The molecule has 0 saturated carbocycles. The van der Waals surface area contributed by atoms with Crippen molar-refractivity contribution in [1.82, 2.24) is 16.0 Å². The Kier molecular flexibility index (Phi) is 7.11. The molecule has 0 aromatic carbocycles. The van der Waals surface area contributed by atoms with Crippen molar-refractivity contribution in [3.63, 3.8) is 0 Å². The Balaban J connectivity index is -0.000000540. The van der Waals surface area contributed by atoms with Gasteiger partial charge in [-0.1, -0.05) is 13.8 Å². The number of carbonyl (C=O) groups is 3. The molecule has 0 aliphatic carbocycles. The highest BCUT2D eigenvalue weighted by atomic mass is 16.2. The fourth-order valence-electron chi connectivity index (χ4n) is 1.53. The maximum Gasteiger partial charge on any atom is 0.243 e. The van der Waals surface area contributed by atoms with Crippen LogP contribution in [0.2, 0.25) is 0 Å². The number of hydrogen-bond donors (Lipinski definition) is 3. The largest absolute Gasteiger partial charge is 0.352 e. The van der Waals surface area contributed by atoms with Gasteiger partial charge >= 0.3 is 0 Å². The van der Waals surface area contributed by atoms with E-state index in [4.69, 9.17) is 0 Å². The van der Waals surface area contributed by atoms with Crippen LogP contribution in [0.15, 0.2) is 0 Å². The number of hydrogen-bond acceptors (Lipinski definition) is 3. The van der Waals surface area contributed by atoms with Crippen LogP contribution in [-0.4, -0.2) is 35.8 Å². The number of nitrogens with one attached hydrogen (secondary N) is 3. The molecule has 2 atom stereocenters. The van der Waals surface area contributed by atoms with Crippen LogP contribution in [0, 0.1) is 5.92 Å². The summed E-state index contributed by atoms with van der Waals surface area (Å²) in [5, 5.41) is 7.90. The van der Waals surface area contributed by atoms with Crippen LogP contribution in [0.25, 0.3) is 0 Å². The van der Waals surface area contributed by atoms with E-state index in [1.54, 1.807) is 6.92 Å². The lowest BCUT2D eigenvalue weighted by Gasteiger charge is -2.23. The molecular formula is C13H31N3O3. The smallest absolute Gasteiger partial charge is 0.243 e. The average Bonchev–Trinajstić information content (AvgIpc) is 2.23. The van der Waals surface area contributed by atoms with E-state index in [2.05, 4.69) is 16.0 Å². The molecule has 0 aliphatic heterocycles. The second kappa shape index (κ2) is 7.76. The summed E-state index contributed by atoms with van der Waals surface area (Å²) in [6.07, 6.45) is 0. The lowest BCUT2D eigenvalue weighted by molar-refractivity contribution is -0.132. The van der Waals surface area contributed by atoms with Crippen LogP contribution in [0.4, 0.5) is 0 Å². The molecule has 0 radical (unpaired) electrons. The molecule has 0 aromatic rings. The first-order valence-corrected chi connectivity index (χ1v) is 6.53. The fraction of sp³-hybridized carbons (Fsp3) is 0.769. The third kappa shape index (κ3) is 6.79. The maximum absolute atomic E-state index is 12.0. The summed E-state index contributed by atoms with van der Waals surface area (Å²) < 4.78 is 0. The monoisotopic (exact) mass is 277 g/mol. The minimum absolute atomic E-state index is 0. The van der Waals surface area contributed by atoms with E-state index < -0.39 is 12.1 Å². The van der Waals surface area contributed by atoms with Gasteiger partial charge in [-0.3, -0.25) is 14.4 Å². The van der Waals surface area contributed by atoms with Gasteiger partial charge in [-0.25, -0.2) is 0 Å². The van der Waals surface area contributed by atoms with Crippen molar-refractivity contribution < 1.29 is 18.7 Å². The van der Waals surface area contributed by atoms with Gasteiger partial charge < -0.3 is 16.0 Å². The summed E-state index contributed by atoms with van der Waals surface area (Å²) in [6.45, 7) is 10.3. The topological polar surface area (TPSA) is 87.3 Å². The predicted molar refractivity (Wildman–Crippen MR) is 79.7 cm³/mol. The van der Waals surface area contributed by atoms with E-state index in [0.29, 0.717) is 0 Å². The highest BCUT2D eigenvalue weighted by molar-refractivity contribution is 5.91. The van der Waals surface area contributed by atoms with E-state index in [9.17, 15) is 14.4 Å². The van der Waals surface area contributed by atoms with Gasteiger partial charge in [0.2, 0.25) is 17.7 Å². The van der Waals surface area contributed by atoms with Gasteiger partial charge in [-0.2, -0.15) is 0 Å². The maximum atomic E-state index is 12.0. The molecule has 0 aromatic heterocycles. The lowest BCUT2D eigenvalue weighted by Crippen LogP contribution is -2.54. The molecular weight excluding hydrogens is 246 g/mol. The summed E-state index contributed by atoms with van der Waals surface area (Å²) in [4.78, 5) is 34.8. The molecule has 0 rings (SSSR count). The third-order valence-electron chi connectivity index (χ3n) is 2.49. The number of carbonyl (C=O) groups excluding carboxylic acids is 3. The van der Waals surface area contributed by atoms with Gasteiger partial charge in [0.25, 0.3) is 0 Å². The first kappa shape index (κ1) is 17.4. The second-order valence-corrected chi connectivity index (χ2v) is 5.32. The molecule has 2 unspecified atom stereocenters. The van der Waals surface area contributed by atoms with E-state index in [1.807, 2.05) is 27.7 Å². The van der Waals surface area contributed by atoms with Crippen molar-refractivity contribution in [2.24, 2.45) is 5.92 Å². The van der Waals surface area contributed by atoms with Crippen LogP contribution in [-0.2, 0) is 14.4 Å². The Hall–Kier alpha value is -1.59. The number of rotatable bonds is 6. The predicted octanol–water partition coefficient (Wildman–Crippen LogP) is 0.914. The lowest BCUT2D eigenvalue weighted by atomic mass is 10.0. The van der Waals surface area contributed by atoms with Crippen LogP contribution in [0.3, 0.4) is 0 Å². The highest BCUT2D eigenvalue weighted by Gasteiger charge is 2.26. The first-order chi connectivity index (χ1) is 8.65. The third-order valence-corrected chi connectivity index (χ3v) is 2.49. The zero-order chi connectivity index (χ0) is 15.2. The normalized spacial score (nSPS) is 13.9. The van der Waals surface area contributed by atoms with Gasteiger partial charge in [0.1, 0.15) is 12.1 Å². The van der Waals surface area contributed by atoms with E-state index in [1.165, 1.54) is 6.92 Å². The molecule has 0 saturated heterocycles. The van der Waals surface area contributed by atoms with E-state index >= 15 is 0 Å². The molecule has 0 heterocycles. The average molecular weight is 277 g/mol. The Bertz CT molecular complexity index is 353. The van der Waals surface area contributed by atoms with Crippen LogP contribution in [0.5, 0.6) is 0 Å². The molecule has 116 valence electrons. The molecule has 6 nitrogen and oxygen atoms in total. The first-order valence-electron chi connectivity index (χ1n) is 6.53. The van der Waals surface area contributed by atoms with Gasteiger partial charge in [0.05, 0.1) is 0 Å². The molecule has 0 spiro atoms. The van der Waals surface area contributed by atoms with Gasteiger partial charge in [-0.05, 0) is 26.7 Å². The van der Waals surface area contributed by atoms with Crippen molar-refractivity contribution in [2.45, 2.75) is 59.7 Å². The molecule has 0 bridgehead atoms. The molecule has 6 heteroatoms. The highest BCUT2D eigenvalue weighted by Crippen LogP contribution is 2.02. The zero-order valence-corrected chi connectivity index (χ0v) is 12.5. The van der Waals surface area contributed by atoms with Crippen LogP contribution < -0.4 is 16.0 Å². The Morgan fingerprint density at radius 1 is 0.842 bits per heavy atom. The molecule has 0 aliphatic rings. The summed E-state index contributed by atoms with van der Waals surface area (Å²) >= 11 is 0. The van der Waals surface area contributed by atoms with E-state index in [-0.39, 0.29) is 34.0 Å². The van der Waals surface area contributed by atoms with Gasteiger partial charge in [-0.15, -0.1) is 0 Å². The fourth-order valence-corrected chi connectivity index (χ4v) is 1.53. The Labute approximate surface area is 119 Å². The molecule has 19 heavy (non-hydrogen) atoms. The summed E-state index contributed by atoms with van der Waals surface area (Å²) in [6, 6.07) is -1.25. The van der Waals surface area contributed by atoms with Crippen LogP contribution in [0.1, 0.15) is 45.8 Å². The minimum atomic E-state index is -0.634. The molecule has 3 amide bonds. The minimum Gasteiger partial charge on any atom is -0.352 e. The van der Waals surface area contributed by atoms with Crippen molar-refractivity contribution in [1.29, 1.82) is 0 Å². The SMILES string of the molecule is CC(=O)NC(C(=O)NC(C)C(=O)NC(C)C)C(C)C.[HH].[HH].[HH]. The standard InChI is InChI=1S/C13H25N3O3.3H2/c1-7(2)11(16-10(6)17)13(19)15-9(5)12(18)14-8(3)4;;;/h7-9,11H,1-6H3,(H,14,18)(H,15,19)(H,16,17);3*1H. The summed E-state index contributed by atoms with van der Waals surface area (Å²) in [5.74, 6) is -0.914. The van der Waals surface area contributed by atoms with Crippen molar-refractivity contribution in [3.05, 3.63) is 0 Å². The van der Waals surface area contributed by atoms with Crippen LogP contribution >= 0.6 is 0 Å². The Morgan fingerprint density at radius 2 is 1.37 bits per heavy atom. The Morgan fingerprint density at radius 3 is 1.74 bits per heavy atom. The zero-order valence-electron chi connectivity index (χ0n) is 12.5. The summed E-state index contributed by atoms with van der Waals surface area (Å²) in [5.41, 5.74) is 0. The summed E-state index contributed by atoms with van der Waals surface area (Å²) in [7, 11) is 0. The molecule has 3 N–H and O–H groups in total. The van der Waals surface area contributed by atoms with Gasteiger partial charge in [0.15, 0.2) is 0 Å².